The molecule has 0 amide bonds. The van der Waals surface area contributed by atoms with Crippen LogP contribution in [0, 0.1) is 0 Å². The number of carbonyl (C=O) groups is 1. The third-order valence-corrected chi connectivity index (χ3v) is 4.03. The van der Waals surface area contributed by atoms with Gasteiger partial charge in [-0.3, -0.25) is 4.79 Å². The molecule has 0 saturated heterocycles. The van der Waals surface area contributed by atoms with E-state index in [1.807, 2.05) is 0 Å². The highest BCUT2D eigenvalue weighted by atomic mass is 16.4. The Morgan fingerprint density at radius 3 is 2.68 bits per heavy atom. The SMILES string of the molecule is O=C(O)C1(Nc2nccn(C3CC3)c2=O)CCCC1. The number of hydrogen-bond donors (Lipinski definition) is 2. The first-order valence-electron chi connectivity index (χ1n) is 6.71. The van der Waals surface area contributed by atoms with Crippen LogP contribution in [0.2, 0.25) is 0 Å². The zero-order valence-electron chi connectivity index (χ0n) is 10.6. The highest BCUT2D eigenvalue weighted by Crippen LogP contribution is 2.34. The topological polar surface area (TPSA) is 84.2 Å². The second kappa shape index (κ2) is 4.36. The van der Waals surface area contributed by atoms with Crippen LogP contribution in [0.25, 0.3) is 0 Å². The van der Waals surface area contributed by atoms with Gasteiger partial charge in [-0.1, -0.05) is 12.8 Å². The van der Waals surface area contributed by atoms with Crippen LogP contribution < -0.4 is 10.9 Å². The lowest BCUT2D eigenvalue weighted by molar-refractivity contribution is -0.142. The van der Waals surface area contributed by atoms with Crippen LogP contribution >= 0.6 is 0 Å². The summed E-state index contributed by atoms with van der Waals surface area (Å²) in [6.07, 6.45) is 8.07. The van der Waals surface area contributed by atoms with Crippen molar-refractivity contribution in [3.05, 3.63) is 22.7 Å². The molecule has 0 bridgehead atoms. The van der Waals surface area contributed by atoms with Crippen molar-refractivity contribution in [3.63, 3.8) is 0 Å². The first kappa shape index (κ1) is 12.2. The fourth-order valence-electron chi connectivity index (χ4n) is 2.75. The fourth-order valence-corrected chi connectivity index (χ4v) is 2.75. The van der Waals surface area contributed by atoms with Gasteiger partial charge in [0.15, 0.2) is 5.82 Å². The maximum absolute atomic E-state index is 12.2. The molecule has 2 saturated carbocycles. The molecule has 2 aliphatic carbocycles. The van der Waals surface area contributed by atoms with Gasteiger partial charge in [-0.2, -0.15) is 0 Å². The quantitative estimate of drug-likeness (QED) is 0.857. The third-order valence-electron chi connectivity index (χ3n) is 4.03. The predicted molar refractivity (Wildman–Crippen MR) is 69.2 cm³/mol. The van der Waals surface area contributed by atoms with Gasteiger partial charge < -0.3 is 15.0 Å². The second-order valence-electron chi connectivity index (χ2n) is 5.44. The molecular weight excluding hydrogens is 246 g/mol. The summed E-state index contributed by atoms with van der Waals surface area (Å²) in [5, 5.41) is 12.3. The van der Waals surface area contributed by atoms with Crippen LogP contribution in [0.5, 0.6) is 0 Å². The van der Waals surface area contributed by atoms with Gasteiger partial charge in [0, 0.05) is 18.4 Å². The number of nitrogens with zero attached hydrogens (tertiary/aromatic N) is 2. The summed E-state index contributed by atoms with van der Waals surface area (Å²) in [7, 11) is 0. The minimum absolute atomic E-state index is 0.165. The molecule has 2 aliphatic rings. The fraction of sp³-hybridized carbons (Fsp3) is 0.615. The highest BCUT2D eigenvalue weighted by molar-refractivity contribution is 5.82. The molecule has 1 aromatic rings. The highest BCUT2D eigenvalue weighted by Gasteiger charge is 2.42. The number of nitrogens with one attached hydrogen (secondary N) is 1. The molecule has 0 atom stereocenters. The first-order chi connectivity index (χ1) is 9.12. The van der Waals surface area contributed by atoms with Gasteiger partial charge in [0.1, 0.15) is 5.54 Å². The largest absolute Gasteiger partial charge is 0.480 e. The second-order valence-corrected chi connectivity index (χ2v) is 5.44. The van der Waals surface area contributed by atoms with E-state index < -0.39 is 11.5 Å². The number of aromatic nitrogens is 2. The molecule has 1 aromatic heterocycles. The van der Waals surface area contributed by atoms with Gasteiger partial charge in [0.2, 0.25) is 0 Å². The average Bonchev–Trinajstić information content (AvgIpc) is 3.11. The van der Waals surface area contributed by atoms with Crippen LogP contribution in [0.3, 0.4) is 0 Å². The van der Waals surface area contributed by atoms with E-state index >= 15 is 0 Å². The van der Waals surface area contributed by atoms with Crippen molar-refractivity contribution in [1.29, 1.82) is 0 Å². The number of anilines is 1. The van der Waals surface area contributed by atoms with Gasteiger partial charge in [-0.25, -0.2) is 9.78 Å². The average molecular weight is 263 g/mol. The van der Waals surface area contributed by atoms with Gasteiger partial charge in [0.25, 0.3) is 5.56 Å². The molecule has 3 rings (SSSR count). The molecule has 2 N–H and O–H groups in total. The molecule has 1 heterocycles. The van der Waals surface area contributed by atoms with E-state index in [0.29, 0.717) is 12.8 Å². The summed E-state index contributed by atoms with van der Waals surface area (Å²) in [5.41, 5.74) is -1.23. The number of aliphatic carboxylic acids is 1. The molecule has 19 heavy (non-hydrogen) atoms. The Balaban J connectivity index is 1.92. The summed E-state index contributed by atoms with van der Waals surface area (Å²) in [6, 6.07) is 0.264. The van der Waals surface area contributed by atoms with Crippen molar-refractivity contribution in [1.82, 2.24) is 9.55 Å². The summed E-state index contributed by atoms with van der Waals surface area (Å²) in [5.74, 6) is -0.730. The lowest BCUT2D eigenvalue weighted by atomic mass is 9.98. The lowest BCUT2D eigenvalue weighted by Gasteiger charge is -2.25. The van der Waals surface area contributed by atoms with E-state index in [1.165, 1.54) is 0 Å². The number of rotatable bonds is 4. The van der Waals surface area contributed by atoms with E-state index in [4.69, 9.17) is 0 Å². The van der Waals surface area contributed by atoms with Crippen LogP contribution in [-0.4, -0.2) is 26.2 Å². The van der Waals surface area contributed by atoms with Crippen molar-refractivity contribution < 1.29 is 9.90 Å². The normalized spacial score (nSPS) is 21.3. The van der Waals surface area contributed by atoms with Crippen molar-refractivity contribution in [2.75, 3.05) is 5.32 Å². The smallest absolute Gasteiger partial charge is 0.329 e. The van der Waals surface area contributed by atoms with Gasteiger partial charge in [-0.15, -0.1) is 0 Å². The first-order valence-corrected chi connectivity index (χ1v) is 6.71. The molecule has 0 unspecified atom stereocenters. The van der Waals surface area contributed by atoms with Crippen LogP contribution in [0.1, 0.15) is 44.6 Å². The Hall–Kier alpha value is -1.85. The lowest BCUT2D eigenvalue weighted by Crippen LogP contribution is -2.45. The Labute approximate surface area is 110 Å². The Kier molecular flexibility index (Phi) is 2.80. The summed E-state index contributed by atoms with van der Waals surface area (Å²) in [4.78, 5) is 27.8. The van der Waals surface area contributed by atoms with Crippen molar-refractivity contribution in [3.8, 4) is 0 Å². The van der Waals surface area contributed by atoms with Crippen LogP contribution in [0.4, 0.5) is 5.82 Å². The Morgan fingerprint density at radius 2 is 2.11 bits per heavy atom. The molecular formula is C13H17N3O3. The van der Waals surface area contributed by atoms with Crippen molar-refractivity contribution in [2.45, 2.75) is 50.1 Å². The standard InChI is InChI=1S/C13H17N3O3/c17-11-10(14-7-8-16(11)9-3-4-9)15-13(12(18)19)5-1-2-6-13/h7-9H,1-6H2,(H,14,15)(H,18,19). The maximum atomic E-state index is 12.2. The Bertz CT molecular complexity index is 556. The van der Waals surface area contributed by atoms with E-state index in [0.717, 1.165) is 25.7 Å². The van der Waals surface area contributed by atoms with Gasteiger partial charge in [-0.05, 0) is 25.7 Å². The zero-order chi connectivity index (χ0) is 13.5. The zero-order valence-corrected chi connectivity index (χ0v) is 10.6. The summed E-state index contributed by atoms with van der Waals surface area (Å²) >= 11 is 0. The molecule has 102 valence electrons. The Morgan fingerprint density at radius 1 is 1.42 bits per heavy atom. The molecule has 6 nitrogen and oxygen atoms in total. The molecule has 2 fully saturated rings. The molecule has 0 aliphatic heterocycles. The predicted octanol–water partition coefficient (Wildman–Crippen LogP) is 1.39. The number of carboxylic acid groups (broad SMARTS) is 1. The minimum Gasteiger partial charge on any atom is -0.480 e. The minimum atomic E-state index is -1.02. The van der Waals surface area contributed by atoms with Gasteiger partial charge in [0.05, 0.1) is 0 Å². The maximum Gasteiger partial charge on any atom is 0.329 e. The number of hydrogen-bond acceptors (Lipinski definition) is 4. The van der Waals surface area contributed by atoms with Crippen LogP contribution in [-0.2, 0) is 4.79 Å². The molecule has 0 spiro atoms. The molecule has 6 heteroatoms. The summed E-state index contributed by atoms with van der Waals surface area (Å²) in [6.45, 7) is 0. The van der Waals surface area contributed by atoms with Crippen molar-refractivity contribution >= 4 is 11.8 Å². The third kappa shape index (κ3) is 2.11. The van der Waals surface area contributed by atoms with Crippen LogP contribution in [0.15, 0.2) is 17.2 Å². The van der Waals surface area contributed by atoms with Crippen molar-refractivity contribution in [2.24, 2.45) is 0 Å². The van der Waals surface area contributed by atoms with E-state index in [2.05, 4.69) is 10.3 Å². The summed E-state index contributed by atoms with van der Waals surface area (Å²) < 4.78 is 1.65. The monoisotopic (exact) mass is 263 g/mol. The van der Waals surface area contributed by atoms with E-state index in [9.17, 15) is 14.7 Å². The van der Waals surface area contributed by atoms with E-state index in [1.54, 1.807) is 17.0 Å². The molecule has 0 aromatic carbocycles. The van der Waals surface area contributed by atoms with Gasteiger partial charge >= 0.3 is 5.97 Å². The number of carboxylic acids is 1. The van der Waals surface area contributed by atoms with E-state index in [-0.39, 0.29) is 17.4 Å². The molecule has 0 radical (unpaired) electrons.